The first-order valence-corrected chi connectivity index (χ1v) is 5.09. The van der Waals surface area contributed by atoms with E-state index in [9.17, 15) is 9.59 Å². The second-order valence-electron chi connectivity index (χ2n) is 3.47. The van der Waals surface area contributed by atoms with Gasteiger partial charge < -0.3 is 10.1 Å². The lowest BCUT2D eigenvalue weighted by Gasteiger charge is -2.26. The summed E-state index contributed by atoms with van der Waals surface area (Å²) in [7, 11) is 0. The standard InChI is InChI=1S/C12H15NO3/c1-3-16-11(15)12(2,13-9-14)10-7-5-4-6-8-10/h4-9H,3H2,1-2H3,(H,13,14)/t12-/m1/s1. The van der Waals surface area contributed by atoms with E-state index in [4.69, 9.17) is 4.74 Å². The molecular formula is C12H15NO3. The number of nitrogens with one attached hydrogen (secondary N) is 1. The van der Waals surface area contributed by atoms with E-state index in [-0.39, 0.29) is 6.61 Å². The highest BCUT2D eigenvalue weighted by atomic mass is 16.5. The number of benzene rings is 1. The van der Waals surface area contributed by atoms with Crippen molar-refractivity contribution in [2.75, 3.05) is 6.61 Å². The largest absolute Gasteiger partial charge is 0.464 e. The summed E-state index contributed by atoms with van der Waals surface area (Å²) in [5, 5.41) is 2.50. The molecule has 0 fully saturated rings. The maximum Gasteiger partial charge on any atom is 0.336 e. The van der Waals surface area contributed by atoms with Crippen LogP contribution in [0.15, 0.2) is 30.3 Å². The number of rotatable bonds is 5. The van der Waals surface area contributed by atoms with E-state index in [1.165, 1.54) is 0 Å². The van der Waals surface area contributed by atoms with Gasteiger partial charge in [-0.3, -0.25) is 4.79 Å². The Hall–Kier alpha value is -1.84. The molecule has 0 bridgehead atoms. The van der Waals surface area contributed by atoms with Crippen LogP contribution >= 0.6 is 0 Å². The lowest BCUT2D eigenvalue weighted by Crippen LogP contribution is -2.47. The topological polar surface area (TPSA) is 55.4 Å². The van der Waals surface area contributed by atoms with Crippen LogP contribution < -0.4 is 5.32 Å². The molecule has 16 heavy (non-hydrogen) atoms. The minimum absolute atomic E-state index is 0.280. The van der Waals surface area contributed by atoms with Crippen LogP contribution in [-0.2, 0) is 19.9 Å². The molecule has 4 heteroatoms. The smallest absolute Gasteiger partial charge is 0.336 e. The van der Waals surface area contributed by atoms with Gasteiger partial charge in [0.25, 0.3) is 0 Å². The highest BCUT2D eigenvalue weighted by Gasteiger charge is 2.36. The van der Waals surface area contributed by atoms with Gasteiger partial charge in [-0.15, -0.1) is 0 Å². The maximum atomic E-state index is 11.8. The zero-order chi connectivity index (χ0) is 12.0. The minimum atomic E-state index is -1.13. The summed E-state index contributed by atoms with van der Waals surface area (Å²) >= 11 is 0. The molecule has 0 aliphatic carbocycles. The van der Waals surface area contributed by atoms with Gasteiger partial charge in [0, 0.05) is 0 Å². The maximum absolute atomic E-state index is 11.8. The summed E-state index contributed by atoms with van der Waals surface area (Å²) in [6, 6.07) is 9.00. The fraction of sp³-hybridized carbons (Fsp3) is 0.333. The van der Waals surface area contributed by atoms with Crippen LogP contribution in [0.5, 0.6) is 0 Å². The molecule has 0 saturated heterocycles. The van der Waals surface area contributed by atoms with Crippen molar-refractivity contribution in [3.05, 3.63) is 35.9 Å². The van der Waals surface area contributed by atoms with E-state index in [2.05, 4.69) is 5.32 Å². The summed E-state index contributed by atoms with van der Waals surface area (Å²) in [5.74, 6) is -0.465. The van der Waals surface area contributed by atoms with E-state index in [0.29, 0.717) is 12.0 Å². The van der Waals surface area contributed by atoms with Crippen molar-refractivity contribution in [1.82, 2.24) is 5.32 Å². The predicted molar refractivity (Wildman–Crippen MR) is 59.6 cm³/mol. The van der Waals surface area contributed by atoms with Crippen LogP contribution in [0, 0.1) is 0 Å². The van der Waals surface area contributed by atoms with Gasteiger partial charge in [0.05, 0.1) is 6.61 Å². The monoisotopic (exact) mass is 221 g/mol. The molecule has 1 aromatic carbocycles. The van der Waals surface area contributed by atoms with Gasteiger partial charge >= 0.3 is 5.97 Å². The summed E-state index contributed by atoms with van der Waals surface area (Å²) in [6.45, 7) is 3.63. The summed E-state index contributed by atoms with van der Waals surface area (Å²) in [6.07, 6.45) is 0.504. The van der Waals surface area contributed by atoms with Crippen LogP contribution in [0.2, 0.25) is 0 Å². The molecule has 0 saturated carbocycles. The summed E-state index contributed by atoms with van der Waals surface area (Å²) in [5.41, 5.74) is -0.431. The number of hydrogen-bond donors (Lipinski definition) is 1. The third kappa shape index (κ3) is 2.39. The van der Waals surface area contributed by atoms with Crippen LogP contribution in [0.3, 0.4) is 0 Å². The highest BCUT2D eigenvalue weighted by Crippen LogP contribution is 2.21. The number of amides is 1. The van der Waals surface area contributed by atoms with E-state index in [1.807, 2.05) is 6.07 Å². The number of esters is 1. The average molecular weight is 221 g/mol. The Morgan fingerprint density at radius 2 is 2.06 bits per heavy atom. The van der Waals surface area contributed by atoms with Gasteiger partial charge in [0.2, 0.25) is 6.41 Å². The van der Waals surface area contributed by atoms with Crippen molar-refractivity contribution in [2.24, 2.45) is 0 Å². The van der Waals surface area contributed by atoms with Crippen molar-refractivity contribution < 1.29 is 14.3 Å². The molecule has 0 aromatic heterocycles. The van der Waals surface area contributed by atoms with Crippen LogP contribution in [0.4, 0.5) is 0 Å². The molecule has 4 nitrogen and oxygen atoms in total. The van der Waals surface area contributed by atoms with Gasteiger partial charge in [-0.25, -0.2) is 4.79 Å². The average Bonchev–Trinajstić information content (AvgIpc) is 2.30. The number of carbonyl (C=O) groups is 2. The van der Waals surface area contributed by atoms with Crippen LogP contribution in [-0.4, -0.2) is 19.0 Å². The molecular weight excluding hydrogens is 206 g/mol. The van der Waals surface area contributed by atoms with Crippen molar-refractivity contribution >= 4 is 12.4 Å². The molecule has 1 rings (SSSR count). The molecule has 0 aliphatic rings. The highest BCUT2D eigenvalue weighted by molar-refractivity contribution is 5.84. The Bertz CT molecular complexity index is 364. The third-order valence-electron chi connectivity index (χ3n) is 2.38. The van der Waals surface area contributed by atoms with Gasteiger partial charge in [0.15, 0.2) is 5.54 Å². The molecule has 0 heterocycles. The molecule has 1 amide bonds. The second-order valence-corrected chi connectivity index (χ2v) is 3.47. The van der Waals surface area contributed by atoms with Gasteiger partial charge in [-0.1, -0.05) is 30.3 Å². The fourth-order valence-electron chi connectivity index (χ4n) is 1.42. The molecule has 86 valence electrons. The lowest BCUT2D eigenvalue weighted by atomic mass is 9.92. The first-order valence-electron chi connectivity index (χ1n) is 5.09. The van der Waals surface area contributed by atoms with Crippen LogP contribution in [0.25, 0.3) is 0 Å². The van der Waals surface area contributed by atoms with E-state index < -0.39 is 11.5 Å². The van der Waals surface area contributed by atoms with Gasteiger partial charge in [0.1, 0.15) is 0 Å². The molecule has 0 unspecified atom stereocenters. The second kappa shape index (κ2) is 5.30. The summed E-state index contributed by atoms with van der Waals surface area (Å²) in [4.78, 5) is 22.4. The first-order chi connectivity index (χ1) is 7.65. The van der Waals surface area contributed by atoms with E-state index >= 15 is 0 Å². The zero-order valence-corrected chi connectivity index (χ0v) is 9.40. The molecule has 0 spiro atoms. The van der Waals surface area contributed by atoms with E-state index in [0.717, 1.165) is 0 Å². The Balaban J connectivity index is 3.05. The SMILES string of the molecule is CCOC(=O)[C@](C)(NC=O)c1ccccc1. The quantitative estimate of drug-likeness (QED) is 0.600. The summed E-state index contributed by atoms with van der Waals surface area (Å²) < 4.78 is 4.95. The Morgan fingerprint density at radius 1 is 1.44 bits per heavy atom. The normalized spacial score (nSPS) is 13.6. The fourth-order valence-corrected chi connectivity index (χ4v) is 1.42. The van der Waals surface area contributed by atoms with Crippen molar-refractivity contribution in [1.29, 1.82) is 0 Å². The Kier molecular flexibility index (Phi) is 4.05. The van der Waals surface area contributed by atoms with Gasteiger partial charge in [-0.05, 0) is 19.4 Å². The minimum Gasteiger partial charge on any atom is -0.464 e. The Morgan fingerprint density at radius 3 is 2.56 bits per heavy atom. The van der Waals surface area contributed by atoms with Crippen molar-refractivity contribution in [2.45, 2.75) is 19.4 Å². The molecule has 1 N–H and O–H groups in total. The van der Waals surface area contributed by atoms with Crippen molar-refractivity contribution in [3.8, 4) is 0 Å². The van der Waals surface area contributed by atoms with Gasteiger partial charge in [-0.2, -0.15) is 0 Å². The first kappa shape index (κ1) is 12.2. The molecule has 0 radical (unpaired) electrons. The predicted octanol–water partition coefficient (Wildman–Crippen LogP) is 1.21. The molecule has 1 aromatic rings. The third-order valence-corrected chi connectivity index (χ3v) is 2.38. The van der Waals surface area contributed by atoms with Crippen molar-refractivity contribution in [3.63, 3.8) is 0 Å². The number of carbonyl (C=O) groups excluding carboxylic acids is 2. The number of hydrogen-bond acceptors (Lipinski definition) is 3. The zero-order valence-electron chi connectivity index (χ0n) is 9.40. The van der Waals surface area contributed by atoms with Crippen LogP contribution in [0.1, 0.15) is 19.4 Å². The number of ether oxygens (including phenoxy) is 1. The molecule has 0 aliphatic heterocycles. The van der Waals surface area contributed by atoms with E-state index in [1.54, 1.807) is 38.1 Å². The lowest BCUT2D eigenvalue weighted by molar-refractivity contribution is -0.152. The molecule has 1 atom stereocenters. The Labute approximate surface area is 94.6 Å².